The summed E-state index contributed by atoms with van der Waals surface area (Å²) in [6.07, 6.45) is 0. The van der Waals surface area contributed by atoms with Crippen molar-refractivity contribution >= 4 is 65.4 Å². The first-order chi connectivity index (χ1) is 32.5. The lowest BCUT2D eigenvalue weighted by Gasteiger charge is -2.15. The van der Waals surface area contributed by atoms with Crippen molar-refractivity contribution in [1.82, 2.24) is 23.7 Å². The average molecular weight is 846 g/mol. The predicted molar refractivity (Wildman–Crippen MR) is 276 cm³/mol. The molecule has 0 N–H and O–H groups in total. The van der Waals surface area contributed by atoms with E-state index in [4.69, 9.17) is 9.97 Å². The van der Waals surface area contributed by atoms with Gasteiger partial charge in [-0.3, -0.25) is 0 Å². The van der Waals surface area contributed by atoms with E-state index < -0.39 is 0 Å². The second-order valence-corrected chi connectivity index (χ2v) is 17.6. The third-order valence-corrected chi connectivity index (χ3v) is 13.7. The molecule has 0 spiro atoms. The smallest absolute Gasteiger partial charge is 0.160 e. The molecule has 5 heteroatoms. The highest BCUT2D eigenvalue weighted by molar-refractivity contribution is 6.14. The molecule has 0 fully saturated rings. The van der Waals surface area contributed by atoms with Crippen LogP contribution in [0.25, 0.3) is 116 Å². The minimum atomic E-state index is 0.729. The van der Waals surface area contributed by atoms with Crippen molar-refractivity contribution in [3.8, 4) is 51.0 Å². The zero-order valence-corrected chi connectivity index (χ0v) is 36.9. The van der Waals surface area contributed by atoms with Crippen LogP contribution in [0.4, 0.5) is 0 Å². The summed E-state index contributed by atoms with van der Waals surface area (Å²) in [5, 5.41) is 7.38. The number of fused-ring (bicyclic) bond motifs is 9. The number of hydrogen-bond donors (Lipinski definition) is 0. The van der Waals surface area contributed by atoms with Gasteiger partial charge in [0.2, 0.25) is 0 Å². The second-order valence-electron chi connectivity index (χ2n) is 17.6. The van der Waals surface area contributed by atoms with Gasteiger partial charge in [-0.25, -0.2) is 9.97 Å². The van der Waals surface area contributed by atoms with Crippen LogP contribution < -0.4 is 0 Å². The molecule has 5 nitrogen and oxygen atoms in total. The number of benzene rings is 9. The Labute approximate surface area is 382 Å². The Bertz CT molecular complexity index is 3760. The summed E-state index contributed by atoms with van der Waals surface area (Å²) in [5.74, 6) is 0.729. The van der Waals surface area contributed by atoms with Gasteiger partial charge in [-0.15, -0.1) is 0 Å². The normalized spacial score (nSPS) is 11.9. The van der Waals surface area contributed by atoms with E-state index >= 15 is 0 Å². The molecule has 0 aliphatic rings. The van der Waals surface area contributed by atoms with Crippen LogP contribution in [-0.2, 0) is 0 Å². The molecule has 66 heavy (non-hydrogen) atoms. The zero-order chi connectivity index (χ0) is 44.0. The molecule has 0 aliphatic heterocycles. The van der Waals surface area contributed by atoms with Crippen LogP contribution in [0.1, 0.15) is 16.7 Å². The average Bonchev–Trinajstić information content (AvgIpc) is 3.99. The lowest BCUT2D eigenvalue weighted by molar-refractivity contribution is 1.15. The summed E-state index contributed by atoms with van der Waals surface area (Å²) >= 11 is 0. The number of aryl methyl sites for hydroxylation is 3. The van der Waals surface area contributed by atoms with Crippen molar-refractivity contribution in [2.75, 3.05) is 0 Å². The number of para-hydroxylation sites is 4. The monoisotopic (exact) mass is 845 g/mol. The van der Waals surface area contributed by atoms with E-state index in [1.165, 1.54) is 59.9 Å². The van der Waals surface area contributed by atoms with E-state index in [2.05, 4.69) is 241 Å². The van der Waals surface area contributed by atoms with Gasteiger partial charge in [-0.1, -0.05) is 127 Å². The first kappa shape index (κ1) is 38.0. The quantitative estimate of drug-likeness (QED) is 0.167. The van der Waals surface area contributed by atoms with Crippen LogP contribution in [0.2, 0.25) is 0 Å². The summed E-state index contributed by atoms with van der Waals surface area (Å²) in [6, 6.07) is 74.8. The lowest BCUT2D eigenvalue weighted by Crippen LogP contribution is -2.00. The van der Waals surface area contributed by atoms with E-state index in [1.54, 1.807) is 0 Å². The molecule has 0 aliphatic carbocycles. The van der Waals surface area contributed by atoms with Crippen LogP contribution in [0.3, 0.4) is 0 Å². The largest absolute Gasteiger partial charge is 0.309 e. The summed E-state index contributed by atoms with van der Waals surface area (Å²) < 4.78 is 7.27. The van der Waals surface area contributed by atoms with Crippen molar-refractivity contribution in [2.24, 2.45) is 0 Å². The van der Waals surface area contributed by atoms with Crippen LogP contribution >= 0.6 is 0 Å². The van der Waals surface area contributed by atoms with E-state index in [1.807, 2.05) is 0 Å². The Balaban J connectivity index is 1.03. The highest BCUT2D eigenvalue weighted by Gasteiger charge is 2.20. The molecule has 0 radical (unpaired) electrons. The Hall–Kier alpha value is -8.54. The Morgan fingerprint density at radius 2 is 0.621 bits per heavy atom. The fourth-order valence-electron chi connectivity index (χ4n) is 10.6. The van der Waals surface area contributed by atoms with Crippen molar-refractivity contribution in [3.05, 3.63) is 223 Å². The van der Waals surface area contributed by atoms with Gasteiger partial charge in [-0.2, -0.15) is 0 Å². The Kier molecular flexibility index (Phi) is 8.49. The first-order valence-corrected chi connectivity index (χ1v) is 22.7. The van der Waals surface area contributed by atoms with E-state index in [-0.39, 0.29) is 0 Å². The Morgan fingerprint density at radius 3 is 1.06 bits per heavy atom. The molecule has 312 valence electrons. The molecule has 0 amide bonds. The van der Waals surface area contributed by atoms with Crippen molar-refractivity contribution in [2.45, 2.75) is 20.8 Å². The second kappa shape index (κ2) is 14.8. The third kappa shape index (κ3) is 5.80. The number of aromatic nitrogens is 5. The molecule has 0 saturated carbocycles. The van der Waals surface area contributed by atoms with Gasteiger partial charge in [0.15, 0.2) is 5.82 Å². The minimum Gasteiger partial charge on any atom is -0.309 e. The molecule has 4 heterocycles. The molecule has 0 saturated heterocycles. The van der Waals surface area contributed by atoms with E-state index in [9.17, 15) is 0 Å². The summed E-state index contributed by atoms with van der Waals surface area (Å²) in [6.45, 7) is 6.48. The maximum absolute atomic E-state index is 5.27. The fourth-order valence-corrected chi connectivity index (χ4v) is 10.6. The van der Waals surface area contributed by atoms with Crippen LogP contribution in [0.15, 0.2) is 206 Å². The van der Waals surface area contributed by atoms with Gasteiger partial charge in [0, 0.05) is 66.1 Å². The third-order valence-electron chi connectivity index (χ3n) is 13.7. The maximum atomic E-state index is 5.27. The standard InChI is InChI=1S/C61H43N5/c1-38-16-4-6-18-44(38)53-37-54(63-61(62-53)46-19-7-5-17-39(46)2)45-31-28-41(34-40(45)3)64-59-32-29-42(65-55-24-12-8-20-47(55)48-21-9-13-25-56(48)65)35-51(59)52-36-43(30-33-60(52)64)66-57-26-14-10-22-49(57)50-23-11-15-27-58(50)66/h4-37H,1-3H3. The molecule has 9 aromatic carbocycles. The van der Waals surface area contributed by atoms with E-state index in [0.717, 1.165) is 73.1 Å². The summed E-state index contributed by atoms with van der Waals surface area (Å²) in [4.78, 5) is 10.5. The molecule has 0 unspecified atom stereocenters. The van der Waals surface area contributed by atoms with Gasteiger partial charge in [-0.05, 0) is 116 Å². The summed E-state index contributed by atoms with van der Waals surface area (Å²) in [5.41, 5.74) is 18.9. The number of rotatable bonds is 6. The van der Waals surface area contributed by atoms with Crippen LogP contribution in [-0.4, -0.2) is 23.7 Å². The van der Waals surface area contributed by atoms with E-state index in [0.29, 0.717) is 0 Å². The predicted octanol–water partition coefficient (Wildman–Crippen LogP) is 15.7. The minimum absolute atomic E-state index is 0.729. The highest BCUT2D eigenvalue weighted by atomic mass is 15.0. The Morgan fingerprint density at radius 1 is 0.273 bits per heavy atom. The first-order valence-electron chi connectivity index (χ1n) is 22.7. The van der Waals surface area contributed by atoms with Crippen LogP contribution in [0.5, 0.6) is 0 Å². The summed E-state index contributed by atoms with van der Waals surface area (Å²) in [7, 11) is 0. The van der Waals surface area contributed by atoms with Crippen molar-refractivity contribution in [1.29, 1.82) is 0 Å². The molecule has 13 aromatic rings. The topological polar surface area (TPSA) is 40.6 Å². The van der Waals surface area contributed by atoms with Gasteiger partial charge in [0.25, 0.3) is 0 Å². The molecule has 0 atom stereocenters. The van der Waals surface area contributed by atoms with Gasteiger partial charge in [0.1, 0.15) is 0 Å². The SMILES string of the molecule is Cc1ccccc1-c1cc(-c2ccc(-n3c4ccc(-n5c6ccccc6c6ccccc65)cc4c4cc(-n5c6ccccc6c6ccccc65)ccc43)cc2C)nc(-c2ccccc2C)n1. The molecular weight excluding hydrogens is 803 g/mol. The number of nitrogens with zero attached hydrogens (tertiary/aromatic N) is 5. The lowest BCUT2D eigenvalue weighted by atomic mass is 10.00. The van der Waals surface area contributed by atoms with Crippen molar-refractivity contribution < 1.29 is 0 Å². The molecular formula is C61H43N5. The van der Waals surface area contributed by atoms with Crippen LogP contribution in [0, 0.1) is 20.8 Å². The fraction of sp³-hybridized carbons (Fsp3) is 0.0492. The zero-order valence-electron chi connectivity index (χ0n) is 36.9. The molecule has 0 bridgehead atoms. The van der Waals surface area contributed by atoms with Gasteiger partial charge < -0.3 is 13.7 Å². The molecule has 13 rings (SSSR count). The van der Waals surface area contributed by atoms with Gasteiger partial charge in [0.05, 0.1) is 44.5 Å². The maximum Gasteiger partial charge on any atom is 0.160 e. The van der Waals surface area contributed by atoms with Crippen molar-refractivity contribution in [3.63, 3.8) is 0 Å². The number of hydrogen-bond acceptors (Lipinski definition) is 2. The molecule has 4 aromatic heterocycles. The van der Waals surface area contributed by atoms with Gasteiger partial charge >= 0.3 is 0 Å². The highest BCUT2D eigenvalue weighted by Crippen LogP contribution is 2.40.